The van der Waals surface area contributed by atoms with Gasteiger partial charge in [0.05, 0.1) is 17.7 Å². The van der Waals surface area contributed by atoms with Gasteiger partial charge in [-0.15, -0.1) is 0 Å². The van der Waals surface area contributed by atoms with Crippen LogP contribution in [0.5, 0.6) is 0 Å². The summed E-state index contributed by atoms with van der Waals surface area (Å²) in [5, 5.41) is 3.18. The summed E-state index contributed by atoms with van der Waals surface area (Å²) in [7, 11) is 0. The molecule has 3 saturated heterocycles. The quantitative estimate of drug-likeness (QED) is 0.714. The molecule has 0 radical (unpaired) electrons. The molecule has 0 aliphatic carbocycles. The van der Waals surface area contributed by atoms with Crippen LogP contribution in [-0.4, -0.2) is 66.2 Å². The van der Waals surface area contributed by atoms with E-state index in [1.165, 1.54) is 4.90 Å². The number of carbonyl (C=O) groups excluding carboxylic acids is 2. The number of rotatable bonds is 2. The second kappa shape index (κ2) is 8.74. The molecule has 6 nitrogen and oxygen atoms in total. The molecule has 0 saturated carbocycles. The van der Waals surface area contributed by atoms with Crippen molar-refractivity contribution in [1.82, 2.24) is 15.1 Å². The number of benzene rings is 1. The highest BCUT2D eigenvalue weighted by atomic mass is 19.4. The molecule has 3 fully saturated rings. The van der Waals surface area contributed by atoms with Gasteiger partial charge in [0, 0.05) is 19.1 Å². The molecule has 3 aliphatic rings. The maximum Gasteiger partial charge on any atom is 0.416 e. The molecule has 10 heteroatoms. The number of alkyl halides is 3. The van der Waals surface area contributed by atoms with E-state index in [4.69, 9.17) is 4.74 Å². The van der Waals surface area contributed by atoms with E-state index in [-0.39, 0.29) is 24.7 Å². The first-order valence-electron chi connectivity index (χ1n) is 10.6. The lowest BCUT2D eigenvalue weighted by Crippen LogP contribution is -2.66. The predicted octanol–water partition coefficient (Wildman–Crippen LogP) is 2.95. The minimum absolute atomic E-state index is 0.0978. The number of piperidine rings is 2. The Hall–Kier alpha value is -2.20. The van der Waals surface area contributed by atoms with E-state index in [1.54, 1.807) is 4.90 Å². The zero-order valence-corrected chi connectivity index (χ0v) is 17.0. The van der Waals surface area contributed by atoms with Crippen LogP contribution >= 0.6 is 0 Å². The van der Waals surface area contributed by atoms with Crippen LogP contribution < -0.4 is 5.32 Å². The molecule has 1 aromatic carbocycles. The molecule has 3 unspecified atom stereocenters. The predicted molar refractivity (Wildman–Crippen MR) is 103 cm³/mol. The lowest BCUT2D eigenvalue weighted by Gasteiger charge is -2.46. The molecule has 4 rings (SSSR count). The number of likely N-dealkylation sites (tertiary alicyclic amines) is 1. The number of morpholine rings is 1. The Morgan fingerprint density at radius 3 is 2.77 bits per heavy atom. The van der Waals surface area contributed by atoms with Gasteiger partial charge in [0.25, 0.3) is 5.91 Å². The molecule has 3 heterocycles. The Kier molecular flexibility index (Phi) is 6.20. The average molecular weight is 443 g/mol. The molecule has 170 valence electrons. The molecule has 3 atom stereocenters. The van der Waals surface area contributed by atoms with Gasteiger partial charge in [-0.3, -0.25) is 9.69 Å². The topological polar surface area (TPSA) is 61.9 Å². The smallest absolute Gasteiger partial charge is 0.366 e. The van der Waals surface area contributed by atoms with Crippen LogP contribution in [0.4, 0.5) is 22.4 Å². The summed E-state index contributed by atoms with van der Waals surface area (Å²) in [4.78, 5) is 28.8. The highest BCUT2D eigenvalue weighted by Crippen LogP contribution is 2.32. The number of fused-ring (bicyclic) bond motifs is 1. The number of imide groups is 1. The minimum Gasteiger partial charge on any atom is -0.366 e. The van der Waals surface area contributed by atoms with E-state index in [2.05, 4.69) is 5.32 Å². The number of hydrogen-bond donors (Lipinski definition) is 1. The zero-order valence-electron chi connectivity index (χ0n) is 17.0. The van der Waals surface area contributed by atoms with Crippen molar-refractivity contribution in [2.24, 2.45) is 0 Å². The van der Waals surface area contributed by atoms with E-state index < -0.39 is 41.6 Å². The van der Waals surface area contributed by atoms with Crippen molar-refractivity contribution in [3.05, 3.63) is 35.1 Å². The van der Waals surface area contributed by atoms with Crippen molar-refractivity contribution in [2.45, 2.75) is 56.5 Å². The summed E-state index contributed by atoms with van der Waals surface area (Å²) in [6, 6.07) is 1.27. The Morgan fingerprint density at radius 2 is 2.03 bits per heavy atom. The third kappa shape index (κ3) is 4.55. The lowest BCUT2D eigenvalue weighted by atomic mass is 9.94. The van der Waals surface area contributed by atoms with Crippen molar-refractivity contribution in [3.63, 3.8) is 0 Å². The molecule has 0 bridgehead atoms. The molecule has 0 aromatic heterocycles. The Morgan fingerprint density at radius 1 is 1.23 bits per heavy atom. The highest BCUT2D eigenvalue weighted by molar-refractivity contribution is 5.96. The van der Waals surface area contributed by atoms with Crippen LogP contribution in [0.15, 0.2) is 18.2 Å². The van der Waals surface area contributed by atoms with E-state index in [0.717, 1.165) is 31.5 Å². The zero-order chi connectivity index (χ0) is 22.2. The van der Waals surface area contributed by atoms with Crippen LogP contribution in [0.3, 0.4) is 0 Å². The number of halogens is 4. The number of ether oxygens (including phenoxy) is 1. The van der Waals surface area contributed by atoms with Gasteiger partial charge in [0.2, 0.25) is 0 Å². The van der Waals surface area contributed by atoms with Gasteiger partial charge < -0.3 is 15.0 Å². The van der Waals surface area contributed by atoms with Gasteiger partial charge in [-0.1, -0.05) is 6.07 Å². The van der Waals surface area contributed by atoms with Crippen molar-refractivity contribution in [1.29, 1.82) is 0 Å². The number of nitrogens with one attached hydrogen (secondary N) is 1. The third-order valence-electron chi connectivity index (χ3n) is 6.32. The molecule has 0 spiro atoms. The summed E-state index contributed by atoms with van der Waals surface area (Å²) in [5.74, 6) is -1.34. The summed E-state index contributed by atoms with van der Waals surface area (Å²) >= 11 is 0. The van der Waals surface area contributed by atoms with Crippen LogP contribution in [0.1, 0.15) is 36.8 Å². The summed E-state index contributed by atoms with van der Waals surface area (Å²) in [5.41, 5.74) is -0.914. The lowest BCUT2D eigenvalue weighted by molar-refractivity contribution is -0.154. The standard InChI is InChI=1S/C21H25F4N3O3/c22-16-10-14(21(23,24)25)5-4-13(16)9-15-3-1-2-8-27(15)20(30)28-17-11-26-7-6-18(17)31-12-19(28)29/h4-5,10,15,17-18,26H,1-3,6-9,11-12H2. The molecule has 31 heavy (non-hydrogen) atoms. The van der Waals surface area contributed by atoms with Gasteiger partial charge in [-0.2, -0.15) is 13.2 Å². The Balaban J connectivity index is 1.53. The number of carbonyl (C=O) groups is 2. The third-order valence-corrected chi connectivity index (χ3v) is 6.32. The van der Waals surface area contributed by atoms with Gasteiger partial charge in [-0.25, -0.2) is 9.18 Å². The van der Waals surface area contributed by atoms with Gasteiger partial charge >= 0.3 is 12.2 Å². The summed E-state index contributed by atoms with van der Waals surface area (Å²) in [6.07, 6.45) is -1.87. The minimum atomic E-state index is -4.62. The van der Waals surface area contributed by atoms with Crippen LogP contribution in [0.25, 0.3) is 0 Å². The highest BCUT2D eigenvalue weighted by Gasteiger charge is 2.44. The van der Waals surface area contributed by atoms with Crippen LogP contribution in [0, 0.1) is 5.82 Å². The average Bonchev–Trinajstić information content (AvgIpc) is 2.74. The van der Waals surface area contributed by atoms with Gasteiger partial charge in [0.1, 0.15) is 12.4 Å². The largest absolute Gasteiger partial charge is 0.416 e. The number of nitrogens with zero attached hydrogens (tertiary/aromatic N) is 2. The van der Waals surface area contributed by atoms with E-state index in [1.807, 2.05) is 0 Å². The first-order valence-corrected chi connectivity index (χ1v) is 10.6. The fraction of sp³-hybridized carbons (Fsp3) is 0.619. The Labute approximate surface area is 177 Å². The second-order valence-corrected chi connectivity index (χ2v) is 8.31. The monoisotopic (exact) mass is 443 g/mol. The fourth-order valence-corrected chi connectivity index (χ4v) is 4.70. The van der Waals surface area contributed by atoms with Gasteiger partial charge in [-0.05, 0) is 56.3 Å². The van der Waals surface area contributed by atoms with Crippen LogP contribution in [-0.2, 0) is 22.1 Å². The summed E-state index contributed by atoms with van der Waals surface area (Å²) in [6.45, 7) is 1.46. The molecular weight excluding hydrogens is 418 g/mol. The maximum absolute atomic E-state index is 14.4. The summed E-state index contributed by atoms with van der Waals surface area (Å²) < 4.78 is 58.5. The SMILES string of the molecule is O=C1COC2CCNCC2N1C(=O)N1CCCCC1Cc1ccc(C(F)(F)F)cc1F. The number of amides is 3. The number of hydrogen-bond acceptors (Lipinski definition) is 4. The van der Waals surface area contributed by atoms with Crippen LogP contribution in [0.2, 0.25) is 0 Å². The molecule has 3 amide bonds. The van der Waals surface area contributed by atoms with E-state index in [9.17, 15) is 27.2 Å². The first kappa shape index (κ1) is 22.0. The molecule has 1 N–H and O–H groups in total. The molecule has 1 aromatic rings. The molecular formula is C21H25F4N3O3. The van der Waals surface area contributed by atoms with Crippen molar-refractivity contribution in [2.75, 3.05) is 26.2 Å². The fourth-order valence-electron chi connectivity index (χ4n) is 4.70. The normalized spacial score (nSPS) is 27.2. The van der Waals surface area contributed by atoms with E-state index >= 15 is 0 Å². The maximum atomic E-state index is 14.4. The number of urea groups is 1. The van der Waals surface area contributed by atoms with Gasteiger partial charge in [0.15, 0.2) is 0 Å². The van der Waals surface area contributed by atoms with Crippen molar-refractivity contribution < 1.29 is 31.9 Å². The molecule has 3 aliphatic heterocycles. The Bertz CT molecular complexity index is 848. The first-order chi connectivity index (χ1) is 14.8. The van der Waals surface area contributed by atoms with E-state index in [0.29, 0.717) is 32.0 Å². The second-order valence-electron chi connectivity index (χ2n) is 8.31. The van der Waals surface area contributed by atoms with Crippen molar-refractivity contribution in [3.8, 4) is 0 Å². The van der Waals surface area contributed by atoms with Crippen molar-refractivity contribution >= 4 is 11.9 Å².